The van der Waals surface area contributed by atoms with Gasteiger partial charge in [-0.15, -0.1) is 0 Å². The molecule has 1 aromatic carbocycles. The number of benzene rings is 1. The summed E-state index contributed by atoms with van der Waals surface area (Å²) in [6, 6.07) is 3.94. The van der Waals surface area contributed by atoms with Crippen LogP contribution in [0, 0.1) is 0 Å². The number of carbonyl (C=O) groups excluding carboxylic acids is 1. The first-order valence-corrected chi connectivity index (χ1v) is 6.62. The van der Waals surface area contributed by atoms with Crippen LogP contribution in [0.1, 0.15) is 32.3 Å². The van der Waals surface area contributed by atoms with E-state index in [1.807, 2.05) is 12.1 Å². The van der Waals surface area contributed by atoms with Crippen molar-refractivity contribution in [3.05, 3.63) is 17.7 Å². The normalized spacial score (nSPS) is 13.3. The Kier molecular flexibility index (Phi) is 3.75. The van der Waals surface area contributed by atoms with E-state index in [9.17, 15) is 4.79 Å². The number of rotatable bonds is 5. The maximum atomic E-state index is 11.4. The summed E-state index contributed by atoms with van der Waals surface area (Å²) in [6.45, 7) is 6.24. The Bertz CT molecular complexity index is 457. The van der Waals surface area contributed by atoms with Crippen LogP contribution in [0.4, 0.5) is 17.1 Å². The molecule has 98 valence electrons. The molecule has 1 amide bonds. The predicted molar refractivity (Wildman–Crippen MR) is 76.0 cm³/mol. The van der Waals surface area contributed by atoms with Gasteiger partial charge in [-0.3, -0.25) is 4.79 Å². The second-order valence-electron chi connectivity index (χ2n) is 4.73. The van der Waals surface area contributed by atoms with Crippen molar-refractivity contribution in [3.63, 3.8) is 0 Å². The first-order valence-electron chi connectivity index (χ1n) is 6.62. The lowest BCUT2D eigenvalue weighted by Gasteiger charge is -2.25. The summed E-state index contributed by atoms with van der Waals surface area (Å²) < 4.78 is 0. The van der Waals surface area contributed by atoms with Crippen molar-refractivity contribution in [1.82, 2.24) is 0 Å². The van der Waals surface area contributed by atoms with Crippen molar-refractivity contribution in [1.29, 1.82) is 0 Å². The molecule has 0 spiro atoms. The van der Waals surface area contributed by atoms with E-state index in [2.05, 4.69) is 24.1 Å². The maximum Gasteiger partial charge on any atom is 0.228 e. The van der Waals surface area contributed by atoms with E-state index in [0.29, 0.717) is 6.42 Å². The number of nitrogens with two attached hydrogens (primary N) is 1. The maximum absolute atomic E-state index is 11.4. The highest BCUT2D eigenvalue weighted by Gasteiger charge is 2.20. The van der Waals surface area contributed by atoms with E-state index in [1.165, 1.54) is 0 Å². The molecule has 1 aliphatic heterocycles. The molecule has 4 nitrogen and oxygen atoms in total. The molecule has 1 aliphatic rings. The fraction of sp³-hybridized carbons (Fsp3) is 0.500. The lowest BCUT2D eigenvalue weighted by Crippen LogP contribution is -2.24. The van der Waals surface area contributed by atoms with Crippen molar-refractivity contribution in [3.8, 4) is 0 Å². The molecule has 0 unspecified atom stereocenters. The van der Waals surface area contributed by atoms with Gasteiger partial charge in [-0.1, -0.05) is 13.3 Å². The summed E-state index contributed by atoms with van der Waals surface area (Å²) in [5.74, 6) is 0.0538. The van der Waals surface area contributed by atoms with Gasteiger partial charge in [0, 0.05) is 18.8 Å². The number of nitrogens with one attached hydrogen (secondary N) is 1. The van der Waals surface area contributed by atoms with Gasteiger partial charge in [0.2, 0.25) is 5.91 Å². The summed E-state index contributed by atoms with van der Waals surface area (Å²) in [7, 11) is 0. The summed E-state index contributed by atoms with van der Waals surface area (Å²) in [4.78, 5) is 13.6. The Morgan fingerprint density at radius 1 is 1.39 bits per heavy atom. The fourth-order valence-corrected chi connectivity index (χ4v) is 2.35. The van der Waals surface area contributed by atoms with Gasteiger partial charge in [-0.2, -0.15) is 0 Å². The van der Waals surface area contributed by atoms with Crippen LogP contribution in [0.5, 0.6) is 0 Å². The van der Waals surface area contributed by atoms with Gasteiger partial charge in [0.05, 0.1) is 17.8 Å². The molecule has 3 N–H and O–H groups in total. The van der Waals surface area contributed by atoms with Crippen LogP contribution in [0.2, 0.25) is 0 Å². The zero-order valence-corrected chi connectivity index (χ0v) is 11.1. The standard InChI is InChI=1S/C14H21N3O/c1-3-5-6-17(4-2)13-9-12-10(7-11(13)15)8-14(18)16-12/h7,9H,3-6,8,15H2,1-2H3,(H,16,18). The number of anilines is 3. The molecule has 0 aliphatic carbocycles. The number of nitrogen functional groups attached to an aromatic ring is 1. The number of hydrogen-bond donors (Lipinski definition) is 2. The van der Waals surface area contributed by atoms with E-state index in [0.717, 1.165) is 48.6 Å². The van der Waals surface area contributed by atoms with Crippen LogP contribution >= 0.6 is 0 Å². The van der Waals surface area contributed by atoms with Crippen LogP contribution in [-0.4, -0.2) is 19.0 Å². The number of carbonyl (C=O) groups is 1. The average molecular weight is 247 g/mol. The number of fused-ring (bicyclic) bond motifs is 1. The fourth-order valence-electron chi connectivity index (χ4n) is 2.35. The zero-order valence-electron chi connectivity index (χ0n) is 11.1. The third-order valence-corrected chi connectivity index (χ3v) is 3.38. The summed E-state index contributed by atoms with van der Waals surface area (Å²) in [5, 5.41) is 2.88. The number of amides is 1. The van der Waals surface area contributed by atoms with Crippen molar-refractivity contribution in [2.24, 2.45) is 0 Å². The van der Waals surface area contributed by atoms with Gasteiger partial charge in [0.15, 0.2) is 0 Å². The van der Waals surface area contributed by atoms with Crippen molar-refractivity contribution in [2.45, 2.75) is 33.1 Å². The van der Waals surface area contributed by atoms with Gasteiger partial charge < -0.3 is 16.0 Å². The second-order valence-corrected chi connectivity index (χ2v) is 4.73. The Labute approximate surface area is 108 Å². The molecule has 0 radical (unpaired) electrons. The monoisotopic (exact) mass is 247 g/mol. The first-order chi connectivity index (χ1) is 8.65. The van der Waals surface area contributed by atoms with Crippen molar-refractivity contribution in [2.75, 3.05) is 29.0 Å². The minimum absolute atomic E-state index is 0.0538. The van der Waals surface area contributed by atoms with E-state index in [4.69, 9.17) is 5.73 Å². The molecule has 1 heterocycles. The second kappa shape index (κ2) is 5.29. The quantitative estimate of drug-likeness (QED) is 0.785. The molecule has 0 atom stereocenters. The molecule has 0 bridgehead atoms. The van der Waals surface area contributed by atoms with Crippen LogP contribution in [0.25, 0.3) is 0 Å². The Hall–Kier alpha value is -1.71. The SMILES string of the molecule is CCCCN(CC)c1cc2c(cc1N)CC(=O)N2. The van der Waals surface area contributed by atoms with Gasteiger partial charge in [-0.05, 0) is 31.0 Å². The molecule has 4 heteroatoms. The van der Waals surface area contributed by atoms with Crippen LogP contribution in [-0.2, 0) is 11.2 Å². The molecule has 18 heavy (non-hydrogen) atoms. The molecule has 0 fully saturated rings. The summed E-state index contributed by atoms with van der Waals surface area (Å²) >= 11 is 0. The highest BCUT2D eigenvalue weighted by atomic mass is 16.1. The van der Waals surface area contributed by atoms with E-state index >= 15 is 0 Å². The molecule has 0 saturated heterocycles. The van der Waals surface area contributed by atoms with Crippen molar-refractivity contribution >= 4 is 23.0 Å². The average Bonchev–Trinajstić information content (AvgIpc) is 2.69. The van der Waals surface area contributed by atoms with Gasteiger partial charge >= 0.3 is 0 Å². The Morgan fingerprint density at radius 3 is 2.83 bits per heavy atom. The smallest absolute Gasteiger partial charge is 0.228 e. The van der Waals surface area contributed by atoms with E-state index in [-0.39, 0.29) is 5.91 Å². The number of nitrogens with zero attached hydrogens (tertiary/aromatic N) is 1. The number of unbranched alkanes of at least 4 members (excludes halogenated alkanes) is 1. The van der Waals surface area contributed by atoms with Gasteiger partial charge in [-0.25, -0.2) is 0 Å². The molecular weight excluding hydrogens is 226 g/mol. The summed E-state index contributed by atoms with van der Waals surface area (Å²) in [5.41, 5.74) is 9.83. The van der Waals surface area contributed by atoms with E-state index in [1.54, 1.807) is 0 Å². The number of hydrogen-bond acceptors (Lipinski definition) is 3. The minimum atomic E-state index is 0.0538. The predicted octanol–water partition coefficient (Wildman–Crippen LogP) is 2.39. The Balaban J connectivity index is 2.27. The molecule has 1 aromatic rings. The highest BCUT2D eigenvalue weighted by molar-refractivity contribution is 6.00. The zero-order chi connectivity index (χ0) is 13.1. The third-order valence-electron chi connectivity index (χ3n) is 3.38. The lowest BCUT2D eigenvalue weighted by molar-refractivity contribution is -0.115. The van der Waals surface area contributed by atoms with Crippen LogP contribution < -0.4 is 16.0 Å². The topological polar surface area (TPSA) is 58.4 Å². The molecule has 0 saturated carbocycles. The molecular formula is C14H21N3O. The third kappa shape index (κ3) is 2.42. The lowest BCUT2D eigenvalue weighted by atomic mass is 10.1. The largest absolute Gasteiger partial charge is 0.397 e. The van der Waals surface area contributed by atoms with Crippen molar-refractivity contribution < 1.29 is 4.79 Å². The van der Waals surface area contributed by atoms with Gasteiger partial charge in [0.1, 0.15) is 0 Å². The Morgan fingerprint density at radius 2 is 2.17 bits per heavy atom. The first kappa shape index (κ1) is 12.7. The van der Waals surface area contributed by atoms with Crippen LogP contribution in [0.15, 0.2) is 12.1 Å². The molecule has 2 rings (SSSR count). The highest BCUT2D eigenvalue weighted by Crippen LogP contribution is 2.33. The van der Waals surface area contributed by atoms with Gasteiger partial charge in [0.25, 0.3) is 0 Å². The molecule has 0 aromatic heterocycles. The van der Waals surface area contributed by atoms with E-state index < -0.39 is 0 Å². The summed E-state index contributed by atoms with van der Waals surface area (Å²) in [6.07, 6.45) is 2.76. The minimum Gasteiger partial charge on any atom is -0.397 e. The van der Waals surface area contributed by atoms with Crippen LogP contribution in [0.3, 0.4) is 0 Å².